The predicted molar refractivity (Wildman–Crippen MR) is 97.2 cm³/mol. The molecule has 4 rings (SSSR count). The third-order valence-corrected chi connectivity index (χ3v) is 5.38. The Hall–Kier alpha value is -2.82. The molecule has 5 heteroatoms. The lowest BCUT2D eigenvalue weighted by atomic mass is 9.75. The molecule has 2 aromatic rings. The molecule has 25 heavy (non-hydrogen) atoms. The lowest BCUT2D eigenvalue weighted by Crippen LogP contribution is -2.30. The Morgan fingerprint density at radius 1 is 1.20 bits per heavy atom. The first-order valence-electron chi connectivity index (χ1n) is 8.45. The number of nitro groups is 1. The Kier molecular flexibility index (Phi) is 3.71. The van der Waals surface area contributed by atoms with Crippen molar-refractivity contribution in [2.75, 3.05) is 12.4 Å². The van der Waals surface area contributed by atoms with Crippen LogP contribution in [0, 0.1) is 23.0 Å². The highest BCUT2D eigenvalue weighted by atomic mass is 16.6. The van der Waals surface area contributed by atoms with Gasteiger partial charge < -0.3 is 10.1 Å². The van der Waals surface area contributed by atoms with Crippen molar-refractivity contribution in [1.82, 2.24) is 0 Å². The second-order valence-corrected chi connectivity index (χ2v) is 6.70. The Morgan fingerprint density at radius 3 is 2.64 bits per heavy atom. The van der Waals surface area contributed by atoms with Crippen LogP contribution >= 0.6 is 0 Å². The minimum Gasteiger partial charge on any atom is -0.495 e. The lowest BCUT2D eigenvalue weighted by Gasteiger charge is -2.39. The van der Waals surface area contributed by atoms with Gasteiger partial charge in [-0.2, -0.15) is 0 Å². The molecule has 1 aliphatic heterocycles. The van der Waals surface area contributed by atoms with E-state index in [1.807, 2.05) is 18.2 Å². The van der Waals surface area contributed by atoms with Gasteiger partial charge >= 0.3 is 0 Å². The zero-order chi connectivity index (χ0) is 17.6. The Balaban J connectivity index is 1.79. The number of nitrogens with zero attached hydrogens (tertiary/aromatic N) is 1. The Bertz CT molecular complexity index is 858. The van der Waals surface area contributed by atoms with Crippen LogP contribution in [0.1, 0.15) is 35.1 Å². The van der Waals surface area contributed by atoms with E-state index < -0.39 is 0 Å². The predicted octanol–water partition coefficient (Wildman–Crippen LogP) is 4.74. The summed E-state index contributed by atoms with van der Waals surface area (Å²) in [5.41, 5.74) is 4.79. The van der Waals surface area contributed by atoms with Crippen molar-refractivity contribution in [2.45, 2.75) is 25.3 Å². The van der Waals surface area contributed by atoms with Crippen LogP contribution in [0.25, 0.3) is 0 Å². The fraction of sp³-hybridized carbons (Fsp3) is 0.300. The van der Waals surface area contributed by atoms with Crippen LogP contribution in [-0.4, -0.2) is 12.0 Å². The molecule has 3 atom stereocenters. The van der Waals surface area contributed by atoms with Crippen molar-refractivity contribution in [3.63, 3.8) is 0 Å². The first-order chi connectivity index (χ1) is 12.1. The number of aryl methyl sites for hydroxylation is 1. The molecule has 5 nitrogen and oxygen atoms in total. The van der Waals surface area contributed by atoms with Crippen molar-refractivity contribution in [2.24, 2.45) is 5.92 Å². The summed E-state index contributed by atoms with van der Waals surface area (Å²) >= 11 is 0. The molecule has 0 bridgehead atoms. The van der Waals surface area contributed by atoms with Crippen LogP contribution in [0.2, 0.25) is 0 Å². The smallest absolute Gasteiger partial charge is 0.269 e. The zero-order valence-electron chi connectivity index (χ0n) is 14.2. The van der Waals surface area contributed by atoms with E-state index in [1.165, 1.54) is 11.1 Å². The lowest BCUT2D eigenvalue weighted by molar-refractivity contribution is -0.384. The average Bonchev–Trinajstić information content (AvgIpc) is 3.11. The third-order valence-electron chi connectivity index (χ3n) is 5.38. The first kappa shape index (κ1) is 15.7. The SMILES string of the molecule is COc1ccc(C)c2c1N[C@H](c1ccc([N+](=O)[O-])cc1)[C@@H]1CC=C[C@@H]21. The summed E-state index contributed by atoms with van der Waals surface area (Å²) in [5, 5.41) is 14.6. The number of methoxy groups -OCH3 is 1. The molecule has 0 amide bonds. The monoisotopic (exact) mass is 336 g/mol. The molecule has 0 saturated heterocycles. The number of hydrogen-bond acceptors (Lipinski definition) is 4. The Morgan fingerprint density at radius 2 is 1.96 bits per heavy atom. The number of anilines is 1. The van der Waals surface area contributed by atoms with Crippen molar-refractivity contribution in [3.8, 4) is 5.75 Å². The van der Waals surface area contributed by atoms with Gasteiger partial charge in [0, 0.05) is 18.1 Å². The summed E-state index contributed by atoms with van der Waals surface area (Å²) < 4.78 is 5.57. The summed E-state index contributed by atoms with van der Waals surface area (Å²) in [7, 11) is 1.68. The topological polar surface area (TPSA) is 64.4 Å². The van der Waals surface area contributed by atoms with Gasteiger partial charge in [-0.1, -0.05) is 30.4 Å². The van der Waals surface area contributed by atoms with Gasteiger partial charge in [-0.15, -0.1) is 0 Å². The molecular weight excluding hydrogens is 316 g/mol. The van der Waals surface area contributed by atoms with E-state index in [-0.39, 0.29) is 16.7 Å². The number of hydrogen-bond donors (Lipinski definition) is 1. The van der Waals surface area contributed by atoms with E-state index in [1.54, 1.807) is 19.2 Å². The number of nitrogens with one attached hydrogen (secondary N) is 1. The fourth-order valence-electron chi connectivity index (χ4n) is 4.17. The minimum absolute atomic E-state index is 0.101. The van der Waals surface area contributed by atoms with E-state index in [2.05, 4.69) is 30.5 Å². The molecule has 0 unspecified atom stereocenters. The number of nitro benzene ring substituents is 1. The first-order valence-corrected chi connectivity index (χ1v) is 8.45. The third kappa shape index (κ3) is 2.47. The molecular formula is C20H20N2O3. The second-order valence-electron chi connectivity index (χ2n) is 6.70. The molecule has 128 valence electrons. The zero-order valence-corrected chi connectivity index (χ0v) is 14.2. The maximum Gasteiger partial charge on any atom is 0.269 e. The maximum absolute atomic E-state index is 10.9. The molecule has 1 aliphatic carbocycles. The number of benzene rings is 2. The summed E-state index contributed by atoms with van der Waals surface area (Å²) in [4.78, 5) is 10.6. The quantitative estimate of drug-likeness (QED) is 0.499. The minimum atomic E-state index is -0.361. The number of ether oxygens (including phenoxy) is 1. The Labute approximate surface area is 146 Å². The molecule has 0 aromatic heterocycles. The summed E-state index contributed by atoms with van der Waals surface area (Å²) in [6, 6.07) is 11.1. The van der Waals surface area contributed by atoms with Gasteiger partial charge in [-0.25, -0.2) is 0 Å². The number of fused-ring (bicyclic) bond motifs is 3. The largest absolute Gasteiger partial charge is 0.495 e. The van der Waals surface area contributed by atoms with Gasteiger partial charge in [0.25, 0.3) is 5.69 Å². The van der Waals surface area contributed by atoms with Gasteiger partial charge in [0.15, 0.2) is 0 Å². The van der Waals surface area contributed by atoms with Crippen LogP contribution in [-0.2, 0) is 0 Å². The number of rotatable bonds is 3. The summed E-state index contributed by atoms with van der Waals surface area (Å²) in [6.07, 6.45) is 5.52. The van der Waals surface area contributed by atoms with E-state index in [4.69, 9.17) is 4.74 Å². The normalized spacial score (nSPS) is 23.5. The molecule has 2 aromatic carbocycles. The van der Waals surface area contributed by atoms with E-state index in [0.29, 0.717) is 11.8 Å². The average molecular weight is 336 g/mol. The molecule has 0 saturated carbocycles. The highest BCUT2D eigenvalue weighted by Crippen LogP contribution is 2.53. The maximum atomic E-state index is 10.9. The van der Waals surface area contributed by atoms with E-state index in [9.17, 15) is 10.1 Å². The second kappa shape index (κ2) is 5.92. The molecule has 0 spiro atoms. The molecule has 1 N–H and O–H groups in total. The highest BCUT2D eigenvalue weighted by Gasteiger charge is 2.39. The summed E-state index contributed by atoms with van der Waals surface area (Å²) in [6.45, 7) is 2.13. The van der Waals surface area contributed by atoms with Crippen molar-refractivity contribution >= 4 is 11.4 Å². The van der Waals surface area contributed by atoms with Gasteiger partial charge in [0.1, 0.15) is 5.75 Å². The van der Waals surface area contributed by atoms with Crippen LogP contribution < -0.4 is 10.1 Å². The highest BCUT2D eigenvalue weighted by molar-refractivity contribution is 5.69. The van der Waals surface area contributed by atoms with Crippen LogP contribution in [0.4, 0.5) is 11.4 Å². The van der Waals surface area contributed by atoms with Gasteiger partial charge in [0.05, 0.1) is 23.8 Å². The van der Waals surface area contributed by atoms with E-state index >= 15 is 0 Å². The van der Waals surface area contributed by atoms with Gasteiger partial charge in [-0.3, -0.25) is 10.1 Å². The van der Waals surface area contributed by atoms with Crippen molar-refractivity contribution < 1.29 is 9.66 Å². The summed E-state index contributed by atoms with van der Waals surface area (Å²) in [5.74, 6) is 1.58. The number of allylic oxidation sites excluding steroid dienone is 2. The van der Waals surface area contributed by atoms with Gasteiger partial charge in [-0.05, 0) is 42.0 Å². The van der Waals surface area contributed by atoms with Crippen LogP contribution in [0.15, 0.2) is 48.6 Å². The van der Waals surface area contributed by atoms with E-state index in [0.717, 1.165) is 23.4 Å². The van der Waals surface area contributed by atoms with Crippen LogP contribution in [0.3, 0.4) is 0 Å². The number of non-ortho nitro benzene ring substituents is 1. The molecule has 1 heterocycles. The fourth-order valence-corrected chi connectivity index (χ4v) is 4.17. The molecule has 2 aliphatic rings. The molecule has 0 fully saturated rings. The molecule has 0 radical (unpaired) electrons. The standard InChI is InChI=1S/C20H20N2O3/c1-12-6-11-17(25-2)20-18(12)15-4-3-5-16(15)19(21-20)13-7-9-14(10-8-13)22(23)24/h3-4,6-11,15-16,19,21H,5H2,1-2H3/t15-,16-,19-/m1/s1. The van der Waals surface area contributed by atoms with Crippen molar-refractivity contribution in [3.05, 3.63) is 75.4 Å². The van der Waals surface area contributed by atoms with Gasteiger partial charge in [0.2, 0.25) is 0 Å². The van der Waals surface area contributed by atoms with Crippen molar-refractivity contribution in [1.29, 1.82) is 0 Å². The van der Waals surface area contributed by atoms with Crippen LogP contribution in [0.5, 0.6) is 5.75 Å².